The number of aromatic amines is 3. The van der Waals surface area contributed by atoms with Crippen molar-refractivity contribution in [1.29, 1.82) is 0 Å². The first-order valence-corrected chi connectivity index (χ1v) is 10.1. The molecule has 0 saturated heterocycles. The van der Waals surface area contributed by atoms with Crippen LogP contribution in [0.3, 0.4) is 0 Å². The quantitative estimate of drug-likeness (QED) is 0.337. The van der Waals surface area contributed by atoms with Crippen LogP contribution < -0.4 is 0 Å². The minimum Gasteiger partial charge on any atom is -0.346 e. The molecular formula is C21H12N8S. The molecule has 8 nitrogen and oxygen atoms in total. The average Bonchev–Trinajstić information content (AvgIpc) is 3.50. The molecule has 7 heterocycles. The summed E-state index contributed by atoms with van der Waals surface area (Å²) in [6.45, 7) is 0. The van der Waals surface area contributed by atoms with Gasteiger partial charge in [-0.15, -0.1) is 11.3 Å². The summed E-state index contributed by atoms with van der Waals surface area (Å²) in [6, 6.07) is 8.28. The molecule has 0 saturated carbocycles. The molecule has 0 atom stereocenters. The van der Waals surface area contributed by atoms with Crippen LogP contribution in [0.1, 0.15) is 0 Å². The van der Waals surface area contributed by atoms with E-state index in [2.05, 4.69) is 54.4 Å². The summed E-state index contributed by atoms with van der Waals surface area (Å²) in [5, 5.41) is 9.21. The first-order valence-electron chi connectivity index (χ1n) is 9.33. The molecule has 30 heavy (non-hydrogen) atoms. The third-order valence-corrected chi connectivity index (χ3v) is 6.27. The number of hydrogen-bond acceptors (Lipinski definition) is 6. The lowest BCUT2D eigenvalue weighted by Crippen LogP contribution is -1.82. The Labute approximate surface area is 171 Å². The second kappa shape index (κ2) is 5.71. The standard InChI is InChI=1S/C21H12N8S/c1-2-17-25-12-3-10(5-22-7-12)11-4-13-19(28-29-20(13)24-6-11)21-26-15-9-23-8-14(16(1)30-17)18(15)27-21/h1-9,25,28H,(H,24,29). The Hall–Kier alpha value is -4.11. The van der Waals surface area contributed by atoms with Crippen LogP contribution in [0.15, 0.2) is 55.2 Å². The second-order valence-electron chi connectivity index (χ2n) is 7.10. The molecule has 5 aromatic rings. The van der Waals surface area contributed by atoms with E-state index in [0.717, 1.165) is 59.1 Å². The molecule has 9 heteroatoms. The highest BCUT2D eigenvalue weighted by Crippen LogP contribution is 2.31. The number of rotatable bonds is 0. The highest BCUT2D eigenvalue weighted by atomic mass is 32.1. The van der Waals surface area contributed by atoms with Gasteiger partial charge in [-0.05, 0) is 24.3 Å². The van der Waals surface area contributed by atoms with E-state index in [-0.39, 0.29) is 0 Å². The molecule has 5 aromatic heterocycles. The van der Waals surface area contributed by atoms with Crippen molar-refractivity contribution < 1.29 is 0 Å². The third kappa shape index (κ3) is 2.23. The molecule has 0 spiro atoms. The summed E-state index contributed by atoms with van der Waals surface area (Å²) in [5.74, 6) is 0. The lowest BCUT2D eigenvalue weighted by molar-refractivity contribution is 1.11. The molecule has 0 aliphatic carbocycles. The Kier molecular flexibility index (Phi) is 3.00. The van der Waals surface area contributed by atoms with Crippen LogP contribution in [0.5, 0.6) is 0 Å². The average molecular weight is 408 g/mol. The van der Waals surface area contributed by atoms with E-state index in [1.165, 1.54) is 0 Å². The zero-order chi connectivity index (χ0) is 19.7. The van der Waals surface area contributed by atoms with Crippen molar-refractivity contribution in [3.05, 3.63) is 55.2 Å². The van der Waals surface area contributed by atoms with E-state index >= 15 is 0 Å². The molecule has 0 radical (unpaired) electrons. The molecule has 142 valence electrons. The Morgan fingerprint density at radius 1 is 0.833 bits per heavy atom. The van der Waals surface area contributed by atoms with Crippen LogP contribution in [-0.2, 0) is 0 Å². The van der Waals surface area contributed by atoms with E-state index in [4.69, 9.17) is 9.97 Å². The number of imidazole rings is 1. The fraction of sp³-hybridized carbons (Fsp3) is 0. The second-order valence-corrected chi connectivity index (χ2v) is 8.18. The van der Waals surface area contributed by atoms with Crippen molar-refractivity contribution in [3.8, 4) is 11.3 Å². The maximum atomic E-state index is 4.86. The van der Waals surface area contributed by atoms with Crippen LogP contribution >= 0.6 is 11.3 Å². The van der Waals surface area contributed by atoms with E-state index in [9.17, 15) is 0 Å². The van der Waals surface area contributed by atoms with E-state index < -0.39 is 0 Å². The van der Waals surface area contributed by atoms with Crippen molar-refractivity contribution in [2.75, 3.05) is 0 Å². The summed E-state index contributed by atoms with van der Waals surface area (Å²) in [6.07, 6.45) is 9.09. The van der Waals surface area contributed by atoms with Gasteiger partial charge in [0.05, 0.1) is 22.7 Å². The number of pyridine rings is 3. The predicted molar refractivity (Wildman–Crippen MR) is 118 cm³/mol. The van der Waals surface area contributed by atoms with Gasteiger partial charge < -0.3 is 4.98 Å². The Morgan fingerprint density at radius 2 is 1.77 bits per heavy atom. The summed E-state index contributed by atoms with van der Waals surface area (Å²) >= 11 is 1.64. The van der Waals surface area contributed by atoms with Crippen LogP contribution in [0.4, 0.5) is 0 Å². The summed E-state index contributed by atoms with van der Waals surface area (Å²) in [4.78, 5) is 27.4. The molecular weight excluding hydrogens is 396 g/mol. The SMILES string of the molecule is c1ncc2cc1[nH]c1ccc(s1)c1cncc3nc(nc31)c1[nH][nH]c3ncc2cc3-1. The van der Waals surface area contributed by atoms with Crippen LogP contribution in [0, 0.1) is 0 Å². The van der Waals surface area contributed by atoms with Gasteiger partial charge in [-0.25, -0.2) is 15.0 Å². The first kappa shape index (κ1) is 15.8. The van der Waals surface area contributed by atoms with Gasteiger partial charge in [-0.2, -0.15) is 0 Å². The lowest BCUT2D eigenvalue weighted by Gasteiger charge is -1.98. The van der Waals surface area contributed by atoms with Gasteiger partial charge in [0.2, 0.25) is 0 Å². The van der Waals surface area contributed by atoms with Crippen LogP contribution in [-0.4, -0.2) is 40.1 Å². The number of aromatic nitrogens is 8. The Morgan fingerprint density at radius 3 is 2.77 bits per heavy atom. The molecule has 0 aromatic carbocycles. The van der Waals surface area contributed by atoms with Crippen LogP contribution in [0.2, 0.25) is 0 Å². The van der Waals surface area contributed by atoms with Gasteiger partial charge in [0.25, 0.3) is 0 Å². The van der Waals surface area contributed by atoms with Crippen molar-refractivity contribution in [2.45, 2.75) is 0 Å². The molecule has 0 unspecified atom stereocenters. The minimum absolute atomic E-state index is 0.612. The van der Waals surface area contributed by atoms with Crippen molar-refractivity contribution in [2.24, 2.45) is 0 Å². The van der Waals surface area contributed by atoms with Gasteiger partial charge in [0.1, 0.15) is 16.7 Å². The minimum atomic E-state index is 0.612. The van der Waals surface area contributed by atoms with Crippen LogP contribution in [0.25, 0.3) is 64.8 Å². The van der Waals surface area contributed by atoms with Gasteiger partial charge >= 0.3 is 0 Å². The maximum absolute atomic E-state index is 4.86. The van der Waals surface area contributed by atoms with Gasteiger partial charge in [0.15, 0.2) is 11.3 Å². The zero-order valence-corrected chi connectivity index (χ0v) is 16.2. The number of fused-ring (bicyclic) bond motifs is 9. The van der Waals surface area contributed by atoms with Crippen molar-refractivity contribution in [3.63, 3.8) is 0 Å². The third-order valence-electron chi connectivity index (χ3n) is 5.24. The normalized spacial score (nSPS) is 12.0. The number of thiophene rings is 1. The molecule has 8 bridgehead atoms. The number of nitrogens with one attached hydrogen (secondary N) is 3. The fourth-order valence-corrected chi connectivity index (χ4v) is 4.75. The Balaban J connectivity index is 1.75. The summed E-state index contributed by atoms with van der Waals surface area (Å²) in [5.41, 5.74) is 5.59. The highest BCUT2D eigenvalue weighted by Gasteiger charge is 2.15. The molecule has 0 fully saturated rings. The first-order chi connectivity index (χ1) is 14.8. The predicted octanol–water partition coefficient (Wildman–Crippen LogP) is 4.70. The number of hydrogen-bond donors (Lipinski definition) is 3. The molecule has 7 rings (SSSR count). The van der Waals surface area contributed by atoms with E-state index in [1.54, 1.807) is 17.5 Å². The lowest BCUT2D eigenvalue weighted by atomic mass is 10.1. The van der Waals surface area contributed by atoms with Gasteiger partial charge in [-0.3, -0.25) is 20.2 Å². The van der Waals surface area contributed by atoms with Crippen molar-refractivity contribution >= 4 is 64.9 Å². The fourth-order valence-electron chi connectivity index (χ4n) is 3.82. The van der Waals surface area contributed by atoms with Gasteiger partial charge in [0, 0.05) is 45.0 Å². The summed E-state index contributed by atoms with van der Waals surface area (Å²) in [7, 11) is 0. The highest BCUT2D eigenvalue weighted by molar-refractivity contribution is 7.23. The topological polar surface area (TPSA) is 112 Å². The van der Waals surface area contributed by atoms with E-state index in [1.807, 2.05) is 24.8 Å². The summed E-state index contributed by atoms with van der Waals surface area (Å²) < 4.78 is 1.08. The van der Waals surface area contributed by atoms with Crippen molar-refractivity contribution in [1.82, 2.24) is 40.1 Å². The monoisotopic (exact) mass is 408 g/mol. The maximum Gasteiger partial charge on any atom is 0.179 e. The molecule has 2 aliphatic heterocycles. The number of H-pyrrole nitrogens is 3. The largest absolute Gasteiger partial charge is 0.346 e. The van der Waals surface area contributed by atoms with E-state index in [0.29, 0.717) is 5.65 Å². The molecule has 0 amide bonds. The smallest absolute Gasteiger partial charge is 0.179 e. The zero-order valence-electron chi connectivity index (χ0n) is 15.3. The molecule has 2 aliphatic rings. The molecule has 3 N–H and O–H groups in total. The van der Waals surface area contributed by atoms with Gasteiger partial charge in [-0.1, -0.05) is 0 Å². The number of nitrogens with zero attached hydrogens (tertiary/aromatic N) is 5. The Bertz CT molecular complexity index is 1770.